The standard InChI is InChI=1S/C10H22O/c1-8(2,3)10(7,11)9(4,5)6/h11H,1-7H3. The lowest BCUT2D eigenvalue weighted by molar-refractivity contribution is -0.121. The molecule has 0 atom stereocenters. The van der Waals surface area contributed by atoms with E-state index < -0.39 is 5.60 Å². The van der Waals surface area contributed by atoms with Crippen molar-refractivity contribution in [3.63, 3.8) is 0 Å². The van der Waals surface area contributed by atoms with Crippen molar-refractivity contribution in [1.29, 1.82) is 0 Å². The fourth-order valence-corrected chi connectivity index (χ4v) is 1.12. The number of rotatable bonds is 0. The van der Waals surface area contributed by atoms with E-state index in [1.807, 2.05) is 6.92 Å². The molecule has 1 N–H and O–H groups in total. The molecule has 0 aliphatic heterocycles. The molecule has 1 heteroatoms. The largest absolute Gasteiger partial charge is 0.389 e. The zero-order valence-electron chi connectivity index (χ0n) is 8.95. The van der Waals surface area contributed by atoms with Gasteiger partial charge in [0.1, 0.15) is 0 Å². The predicted octanol–water partition coefficient (Wildman–Crippen LogP) is 2.83. The molecule has 0 aromatic carbocycles. The first-order chi connectivity index (χ1) is 4.50. The minimum Gasteiger partial charge on any atom is -0.389 e. The Balaban J connectivity index is 4.75. The van der Waals surface area contributed by atoms with Gasteiger partial charge in [0.2, 0.25) is 0 Å². The minimum atomic E-state index is -0.625. The molecule has 0 amide bonds. The van der Waals surface area contributed by atoms with Gasteiger partial charge in [-0.2, -0.15) is 0 Å². The highest BCUT2D eigenvalue weighted by molar-refractivity contribution is 4.95. The van der Waals surface area contributed by atoms with Gasteiger partial charge in [-0.1, -0.05) is 41.5 Å². The van der Waals surface area contributed by atoms with E-state index in [0.717, 1.165) is 0 Å². The van der Waals surface area contributed by atoms with Crippen LogP contribution in [0.5, 0.6) is 0 Å². The number of hydrogen-bond donors (Lipinski definition) is 1. The highest BCUT2D eigenvalue weighted by atomic mass is 16.3. The molecule has 11 heavy (non-hydrogen) atoms. The van der Waals surface area contributed by atoms with Crippen molar-refractivity contribution in [3.05, 3.63) is 0 Å². The summed E-state index contributed by atoms with van der Waals surface area (Å²) in [6.45, 7) is 14.3. The lowest BCUT2D eigenvalue weighted by atomic mass is 9.64. The van der Waals surface area contributed by atoms with E-state index in [1.54, 1.807) is 0 Å². The Morgan fingerprint density at radius 2 is 0.818 bits per heavy atom. The Bertz CT molecular complexity index is 116. The van der Waals surface area contributed by atoms with Gasteiger partial charge in [-0.15, -0.1) is 0 Å². The van der Waals surface area contributed by atoms with Crippen LogP contribution in [0.15, 0.2) is 0 Å². The predicted molar refractivity (Wildman–Crippen MR) is 49.5 cm³/mol. The van der Waals surface area contributed by atoms with Crippen molar-refractivity contribution < 1.29 is 5.11 Å². The molecular formula is C10H22O. The van der Waals surface area contributed by atoms with E-state index in [4.69, 9.17) is 0 Å². The molecule has 0 radical (unpaired) electrons. The Morgan fingerprint density at radius 1 is 0.636 bits per heavy atom. The molecule has 0 unspecified atom stereocenters. The normalized spacial score (nSPS) is 15.3. The fraction of sp³-hybridized carbons (Fsp3) is 1.00. The average molecular weight is 158 g/mol. The van der Waals surface area contributed by atoms with E-state index in [-0.39, 0.29) is 10.8 Å². The Labute approximate surface area is 70.8 Å². The molecule has 0 heterocycles. The van der Waals surface area contributed by atoms with Crippen LogP contribution in [0, 0.1) is 10.8 Å². The van der Waals surface area contributed by atoms with Crippen LogP contribution in [-0.4, -0.2) is 10.7 Å². The monoisotopic (exact) mass is 158 g/mol. The first-order valence-electron chi connectivity index (χ1n) is 4.22. The van der Waals surface area contributed by atoms with Crippen LogP contribution in [-0.2, 0) is 0 Å². The van der Waals surface area contributed by atoms with Crippen molar-refractivity contribution in [3.8, 4) is 0 Å². The molecule has 0 aliphatic carbocycles. The fourth-order valence-electron chi connectivity index (χ4n) is 1.12. The Morgan fingerprint density at radius 3 is 0.818 bits per heavy atom. The summed E-state index contributed by atoms with van der Waals surface area (Å²) in [6, 6.07) is 0. The molecule has 0 fully saturated rings. The summed E-state index contributed by atoms with van der Waals surface area (Å²) in [6.07, 6.45) is 0. The van der Waals surface area contributed by atoms with E-state index >= 15 is 0 Å². The molecule has 0 aromatic rings. The second-order valence-corrected chi connectivity index (χ2v) is 5.57. The number of hydrogen-bond acceptors (Lipinski definition) is 1. The molecule has 1 nitrogen and oxygen atoms in total. The quantitative estimate of drug-likeness (QED) is 0.574. The first kappa shape index (κ1) is 11.0. The van der Waals surface area contributed by atoms with Crippen LogP contribution in [0.4, 0.5) is 0 Å². The van der Waals surface area contributed by atoms with Gasteiger partial charge in [0.15, 0.2) is 0 Å². The van der Waals surface area contributed by atoms with Gasteiger partial charge < -0.3 is 5.11 Å². The second kappa shape index (κ2) is 2.48. The van der Waals surface area contributed by atoms with Crippen LogP contribution < -0.4 is 0 Å². The summed E-state index contributed by atoms with van der Waals surface area (Å²) in [7, 11) is 0. The summed E-state index contributed by atoms with van der Waals surface area (Å²) in [5, 5.41) is 10.2. The van der Waals surface area contributed by atoms with E-state index in [2.05, 4.69) is 41.5 Å². The van der Waals surface area contributed by atoms with E-state index in [1.165, 1.54) is 0 Å². The van der Waals surface area contributed by atoms with Crippen LogP contribution >= 0.6 is 0 Å². The van der Waals surface area contributed by atoms with Gasteiger partial charge in [-0.3, -0.25) is 0 Å². The third-order valence-corrected chi connectivity index (χ3v) is 2.92. The third-order valence-electron chi connectivity index (χ3n) is 2.92. The minimum absolute atomic E-state index is 0.0642. The van der Waals surface area contributed by atoms with Gasteiger partial charge in [-0.25, -0.2) is 0 Å². The smallest absolute Gasteiger partial charge is 0.0715 e. The molecule has 0 saturated carbocycles. The topological polar surface area (TPSA) is 20.2 Å². The van der Waals surface area contributed by atoms with Gasteiger partial charge in [-0.05, 0) is 17.8 Å². The van der Waals surface area contributed by atoms with Crippen molar-refractivity contribution in [2.24, 2.45) is 10.8 Å². The summed E-state index contributed by atoms with van der Waals surface area (Å²) in [5.74, 6) is 0. The van der Waals surface area contributed by atoms with Gasteiger partial charge in [0.05, 0.1) is 5.60 Å². The van der Waals surface area contributed by atoms with Crippen molar-refractivity contribution in [2.75, 3.05) is 0 Å². The van der Waals surface area contributed by atoms with Gasteiger partial charge in [0.25, 0.3) is 0 Å². The zero-order valence-corrected chi connectivity index (χ0v) is 8.95. The molecule has 0 rings (SSSR count). The van der Waals surface area contributed by atoms with Crippen LogP contribution in [0.25, 0.3) is 0 Å². The van der Waals surface area contributed by atoms with Crippen LogP contribution in [0.3, 0.4) is 0 Å². The summed E-state index contributed by atoms with van der Waals surface area (Å²) < 4.78 is 0. The third kappa shape index (κ3) is 1.96. The Hall–Kier alpha value is -0.0400. The van der Waals surface area contributed by atoms with E-state index in [0.29, 0.717) is 0 Å². The van der Waals surface area contributed by atoms with Crippen LogP contribution in [0.2, 0.25) is 0 Å². The van der Waals surface area contributed by atoms with Crippen LogP contribution in [0.1, 0.15) is 48.5 Å². The molecule has 68 valence electrons. The van der Waals surface area contributed by atoms with Crippen molar-refractivity contribution >= 4 is 0 Å². The highest BCUT2D eigenvalue weighted by Gasteiger charge is 2.44. The maximum Gasteiger partial charge on any atom is 0.0715 e. The van der Waals surface area contributed by atoms with Crippen molar-refractivity contribution in [2.45, 2.75) is 54.1 Å². The van der Waals surface area contributed by atoms with Gasteiger partial charge >= 0.3 is 0 Å². The zero-order chi connectivity index (χ0) is 9.50. The first-order valence-corrected chi connectivity index (χ1v) is 4.22. The number of aliphatic hydroxyl groups is 1. The molecule has 0 bridgehead atoms. The lowest BCUT2D eigenvalue weighted by Gasteiger charge is -2.47. The lowest BCUT2D eigenvalue weighted by Crippen LogP contribution is -2.50. The average Bonchev–Trinajstić information content (AvgIpc) is 1.58. The van der Waals surface area contributed by atoms with Crippen molar-refractivity contribution in [1.82, 2.24) is 0 Å². The summed E-state index contributed by atoms with van der Waals surface area (Å²) in [4.78, 5) is 0. The Kier molecular flexibility index (Phi) is 2.47. The van der Waals surface area contributed by atoms with E-state index in [9.17, 15) is 5.11 Å². The molecule has 0 aromatic heterocycles. The summed E-state index contributed by atoms with van der Waals surface area (Å²) in [5.41, 5.74) is -0.753. The second-order valence-electron chi connectivity index (χ2n) is 5.57. The molecule has 0 aliphatic rings. The molecule has 0 saturated heterocycles. The van der Waals surface area contributed by atoms with Gasteiger partial charge in [0, 0.05) is 0 Å². The summed E-state index contributed by atoms with van der Waals surface area (Å²) >= 11 is 0. The maximum atomic E-state index is 10.2. The molecule has 0 spiro atoms. The maximum absolute atomic E-state index is 10.2. The molecular weight excluding hydrogens is 136 g/mol. The SMILES string of the molecule is CC(C)(C)C(C)(O)C(C)(C)C. The highest BCUT2D eigenvalue weighted by Crippen LogP contribution is 2.43.